The molecule has 0 aromatic carbocycles. The quantitative estimate of drug-likeness (QED) is 0.0282. The Bertz CT molecular complexity index is 1440. The van der Waals surface area contributed by atoms with E-state index >= 15 is 0 Å². The van der Waals surface area contributed by atoms with Crippen LogP contribution in [0.2, 0.25) is 0 Å². The summed E-state index contributed by atoms with van der Waals surface area (Å²) in [4.78, 5) is 37.1. The molecule has 10 heteroatoms. The minimum absolute atomic E-state index is 0.0344. The molecule has 0 saturated heterocycles. The van der Waals surface area contributed by atoms with Gasteiger partial charge in [0.05, 0.1) is 13.2 Å². The van der Waals surface area contributed by atoms with Crippen molar-refractivity contribution in [3.63, 3.8) is 0 Å². The lowest BCUT2D eigenvalue weighted by Crippen LogP contribution is -2.52. The lowest BCUT2D eigenvalue weighted by atomic mass is 10.0. The standard InChI is InChI=1S/C43H78NO8P/c1-3-5-7-9-11-13-15-17-19-20-22-24-26-28-30-32-34-36-43(46)52-41(40-51-53(47,48)50-38-37-44)39-49-42(45)35-33-31-29-27-25-23-21-18-16-14-12-10-8-6-4-2/h11,13,17,19,22,24,28,30,41H,3-10,12,14-16,18,20-21,23,25-27,29,31-40,44H2,1-2H3,(H,47,48)/b13-11-,19-17-,24-22-,30-28-/t41-/m1/s1/i1D3,3D2,5D2,7D2,9D2. The molecule has 0 aromatic heterocycles. The molecular weight excluding hydrogens is 689 g/mol. The van der Waals surface area contributed by atoms with Crippen molar-refractivity contribution in [2.45, 2.75) is 187 Å². The third-order valence-corrected chi connectivity index (χ3v) is 8.96. The average Bonchev–Trinajstić information content (AvgIpc) is 3.21. The number of quaternary nitrogens is 1. The maximum Gasteiger partial charge on any atom is 0.306 e. The Balaban J connectivity index is 4.59. The summed E-state index contributed by atoms with van der Waals surface area (Å²) in [6.45, 7) is -2.17. The number of ether oxygens (including phenoxy) is 2. The van der Waals surface area contributed by atoms with E-state index in [1.165, 1.54) is 76.7 Å². The molecule has 0 aliphatic heterocycles. The molecule has 1 unspecified atom stereocenters. The van der Waals surface area contributed by atoms with Gasteiger partial charge in [-0.05, 0) is 51.3 Å². The molecule has 0 heterocycles. The summed E-state index contributed by atoms with van der Waals surface area (Å²) in [6.07, 6.45) is 18.8. The van der Waals surface area contributed by atoms with E-state index in [9.17, 15) is 19.0 Å². The van der Waals surface area contributed by atoms with Crippen molar-refractivity contribution in [1.82, 2.24) is 0 Å². The lowest BCUT2D eigenvalue weighted by molar-refractivity contribution is -0.373. The van der Waals surface area contributed by atoms with Crippen LogP contribution in [0.5, 0.6) is 0 Å². The number of carbonyl (C=O) groups is 2. The molecule has 0 aliphatic rings. The van der Waals surface area contributed by atoms with Crippen LogP contribution in [0.3, 0.4) is 0 Å². The summed E-state index contributed by atoms with van der Waals surface area (Å²) in [6, 6.07) is 0. The van der Waals surface area contributed by atoms with Crippen molar-refractivity contribution in [3.05, 3.63) is 48.6 Å². The highest BCUT2D eigenvalue weighted by molar-refractivity contribution is 7.45. The van der Waals surface area contributed by atoms with Gasteiger partial charge in [0, 0.05) is 27.9 Å². The van der Waals surface area contributed by atoms with E-state index in [1.807, 2.05) is 24.3 Å². The molecule has 9 nitrogen and oxygen atoms in total. The summed E-state index contributed by atoms with van der Waals surface area (Å²) in [5, 5.41) is 0. The summed E-state index contributed by atoms with van der Waals surface area (Å²) in [5.41, 5.74) is 3.52. The molecule has 308 valence electrons. The SMILES string of the molecule is [2H]C([2H])([2H])C([2H])([2H])C([2H])([2H])C([2H])([2H])C([2H])([2H])/C=C\C/C=C\C/C=C\C/C=C\CCCC(=O)O[C@H](COC(=O)CCCCCCCCCCCCCCCCC)COP(=O)([O-])OCC[NH3+]. The second kappa shape index (κ2) is 39.7. The molecule has 0 aliphatic carbocycles. The summed E-state index contributed by atoms with van der Waals surface area (Å²) >= 11 is 0. The lowest BCUT2D eigenvalue weighted by Gasteiger charge is -2.25. The molecule has 0 radical (unpaired) electrons. The molecule has 0 spiro atoms. The van der Waals surface area contributed by atoms with E-state index in [0.29, 0.717) is 32.1 Å². The highest BCUT2D eigenvalue weighted by Crippen LogP contribution is 2.38. The maximum atomic E-state index is 12.6. The van der Waals surface area contributed by atoms with Crippen LogP contribution in [0.4, 0.5) is 0 Å². The molecule has 0 amide bonds. The van der Waals surface area contributed by atoms with E-state index in [0.717, 1.165) is 25.3 Å². The van der Waals surface area contributed by atoms with E-state index in [1.54, 1.807) is 12.2 Å². The zero-order chi connectivity index (χ0) is 48.6. The number of allylic oxidation sites excluding steroid dienone is 8. The van der Waals surface area contributed by atoms with Crippen LogP contribution < -0.4 is 10.6 Å². The van der Waals surface area contributed by atoms with E-state index in [-0.39, 0.29) is 39.0 Å². The number of rotatable bonds is 39. The first-order valence-corrected chi connectivity index (χ1v) is 21.3. The van der Waals surface area contributed by atoms with Crippen LogP contribution in [-0.4, -0.2) is 44.4 Å². The number of hydrogen-bond donors (Lipinski definition) is 1. The Kier molecular flexibility index (Phi) is 25.6. The van der Waals surface area contributed by atoms with Gasteiger partial charge < -0.3 is 29.1 Å². The Morgan fingerprint density at radius 2 is 1.23 bits per heavy atom. The third-order valence-electron chi connectivity index (χ3n) is 7.99. The molecular formula is C43H78NO8P. The van der Waals surface area contributed by atoms with Gasteiger partial charge in [0.1, 0.15) is 13.2 Å². The van der Waals surface area contributed by atoms with Gasteiger partial charge in [-0.1, -0.05) is 165 Å². The van der Waals surface area contributed by atoms with Gasteiger partial charge in [-0.25, -0.2) is 0 Å². The number of phosphoric acid groups is 1. The highest BCUT2D eigenvalue weighted by Gasteiger charge is 2.21. The first-order chi connectivity index (χ1) is 30.0. The molecule has 0 bridgehead atoms. The van der Waals surface area contributed by atoms with Gasteiger partial charge >= 0.3 is 11.9 Å². The van der Waals surface area contributed by atoms with Gasteiger partial charge in [0.2, 0.25) is 0 Å². The smallest absolute Gasteiger partial charge is 0.306 e. The van der Waals surface area contributed by atoms with Crippen molar-refractivity contribution in [2.75, 3.05) is 26.4 Å². The van der Waals surface area contributed by atoms with Crippen LogP contribution in [0.1, 0.15) is 196 Å². The van der Waals surface area contributed by atoms with Crippen molar-refractivity contribution >= 4 is 19.8 Å². The van der Waals surface area contributed by atoms with Crippen molar-refractivity contribution in [1.29, 1.82) is 0 Å². The summed E-state index contributed by atoms with van der Waals surface area (Å²) in [5.74, 6) is -1.07. The monoisotopic (exact) mass is 779 g/mol. The predicted molar refractivity (Wildman–Crippen MR) is 216 cm³/mol. The molecule has 0 rings (SSSR count). The summed E-state index contributed by atoms with van der Waals surface area (Å²) in [7, 11) is -4.68. The fourth-order valence-electron chi connectivity index (χ4n) is 5.08. The van der Waals surface area contributed by atoms with Crippen molar-refractivity contribution in [3.8, 4) is 0 Å². The van der Waals surface area contributed by atoms with Gasteiger partial charge in [-0.2, -0.15) is 0 Å². The van der Waals surface area contributed by atoms with Gasteiger partial charge in [-0.3, -0.25) is 14.2 Å². The number of phosphoric ester groups is 1. The Labute approximate surface area is 339 Å². The molecule has 53 heavy (non-hydrogen) atoms. The van der Waals surface area contributed by atoms with Crippen LogP contribution in [-0.2, 0) is 32.7 Å². The second-order valence-electron chi connectivity index (χ2n) is 12.9. The van der Waals surface area contributed by atoms with Gasteiger partial charge in [-0.15, -0.1) is 0 Å². The van der Waals surface area contributed by atoms with Crippen molar-refractivity contribution in [2.24, 2.45) is 0 Å². The highest BCUT2D eigenvalue weighted by atomic mass is 31.2. The van der Waals surface area contributed by atoms with Crippen LogP contribution in [0, 0.1) is 0 Å². The Morgan fingerprint density at radius 3 is 1.79 bits per heavy atom. The molecule has 0 aromatic rings. The fraction of sp³-hybridized carbons (Fsp3) is 0.767. The number of hydrogen-bond acceptors (Lipinski definition) is 8. The van der Waals surface area contributed by atoms with Gasteiger partial charge in [0.25, 0.3) is 7.82 Å². The first-order valence-electron chi connectivity index (χ1n) is 25.4. The molecule has 0 saturated carbocycles. The third kappa shape index (κ3) is 39.5. The summed E-state index contributed by atoms with van der Waals surface area (Å²) < 4.78 is 117. The maximum absolute atomic E-state index is 12.6. The van der Waals surface area contributed by atoms with Crippen LogP contribution in [0.15, 0.2) is 48.6 Å². The van der Waals surface area contributed by atoms with E-state index < -0.39 is 64.8 Å². The van der Waals surface area contributed by atoms with Crippen LogP contribution in [0.25, 0.3) is 0 Å². The largest absolute Gasteiger partial charge is 0.756 e. The molecule has 0 fully saturated rings. The Hall–Kier alpha value is -2.03. The average molecular weight is 779 g/mol. The van der Waals surface area contributed by atoms with E-state index in [4.69, 9.17) is 29.1 Å². The zero-order valence-electron chi connectivity index (χ0n) is 43.5. The van der Waals surface area contributed by atoms with Gasteiger partial charge in [0.15, 0.2) is 6.10 Å². The topological polar surface area (TPSA) is 139 Å². The number of unbranched alkanes of at least 4 members (excludes halogenated alkanes) is 15. The predicted octanol–water partition coefficient (Wildman–Crippen LogP) is 10.6. The minimum atomic E-state index is -4.68. The fourth-order valence-corrected chi connectivity index (χ4v) is 5.86. The number of esters is 2. The first kappa shape index (κ1) is 34.2. The second-order valence-corrected chi connectivity index (χ2v) is 14.3. The molecule has 2 atom stereocenters. The van der Waals surface area contributed by atoms with Crippen LogP contribution >= 0.6 is 7.82 Å². The zero-order valence-corrected chi connectivity index (χ0v) is 33.4. The van der Waals surface area contributed by atoms with E-state index in [2.05, 4.69) is 17.2 Å². The number of carbonyl (C=O) groups excluding carboxylic acids is 2. The Morgan fingerprint density at radius 1 is 0.698 bits per heavy atom. The normalized spacial score (nSPS) is 18.2. The minimum Gasteiger partial charge on any atom is -0.756 e. The molecule has 3 N–H and O–H groups in total. The van der Waals surface area contributed by atoms with Crippen molar-refractivity contribution < 1.29 is 58.4 Å².